The lowest BCUT2D eigenvalue weighted by Gasteiger charge is -2.31. The molecule has 2 aliphatic rings. The van der Waals surface area contributed by atoms with E-state index < -0.39 is 0 Å². The third kappa shape index (κ3) is 1.50. The Morgan fingerprint density at radius 1 is 1.27 bits per heavy atom. The molecule has 0 amide bonds. The second kappa shape index (κ2) is 3.00. The van der Waals surface area contributed by atoms with Crippen LogP contribution in [0.5, 0.6) is 0 Å². The van der Waals surface area contributed by atoms with E-state index in [2.05, 4.69) is 13.0 Å². The molecule has 2 fully saturated rings. The molecule has 0 nitrogen and oxygen atoms in total. The SMILES string of the molecule is CC(C=C1CCC1)C1CCC1. The van der Waals surface area contributed by atoms with Crippen LogP contribution in [-0.4, -0.2) is 0 Å². The smallest absolute Gasteiger partial charge is 0.0231 e. The second-order valence-corrected chi connectivity index (χ2v) is 4.23. The fourth-order valence-electron chi connectivity index (χ4n) is 2.02. The van der Waals surface area contributed by atoms with Crippen LogP contribution in [0.1, 0.15) is 45.4 Å². The van der Waals surface area contributed by atoms with E-state index in [4.69, 9.17) is 0 Å². The molecule has 0 heteroatoms. The van der Waals surface area contributed by atoms with E-state index in [0.29, 0.717) is 0 Å². The van der Waals surface area contributed by atoms with Crippen molar-refractivity contribution >= 4 is 0 Å². The van der Waals surface area contributed by atoms with Crippen molar-refractivity contribution in [3.63, 3.8) is 0 Å². The number of hydrogen-bond acceptors (Lipinski definition) is 0. The Hall–Kier alpha value is -0.260. The van der Waals surface area contributed by atoms with Gasteiger partial charge in [0.05, 0.1) is 0 Å². The fourth-order valence-corrected chi connectivity index (χ4v) is 2.02. The average Bonchev–Trinajstić information content (AvgIpc) is 1.74. The predicted molar refractivity (Wildman–Crippen MR) is 48.4 cm³/mol. The molecule has 0 saturated heterocycles. The van der Waals surface area contributed by atoms with Gasteiger partial charge >= 0.3 is 0 Å². The van der Waals surface area contributed by atoms with Crippen LogP contribution in [0, 0.1) is 11.8 Å². The highest BCUT2D eigenvalue weighted by Gasteiger charge is 2.23. The first-order valence-corrected chi connectivity index (χ1v) is 5.06. The van der Waals surface area contributed by atoms with Crippen molar-refractivity contribution in [1.29, 1.82) is 0 Å². The van der Waals surface area contributed by atoms with E-state index in [0.717, 1.165) is 11.8 Å². The van der Waals surface area contributed by atoms with Crippen LogP contribution in [0.25, 0.3) is 0 Å². The summed E-state index contributed by atoms with van der Waals surface area (Å²) in [6.07, 6.45) is 11.3. The Balaban J connectivity index is 1.83. The summed E-state index contributed by atoms with van der Waals surface area (Å²) in [5.74, 6) is 1.93. The molecule has 0 heterocycles. The summed E-state index contributed by atoms with van der Waals surface area (Å²) in [4.78, 5) is 0. The molecule has 0 aliphatic heterocycles. The molecule has 0 radical (unpaired) electrons. The van der Waals surface area contributed by atoms with Crippen molar-refractivity contribution in [3.8, 4) is 0 Å². The van der Waals surface area contributed by atoms with Crippen molar-refractivity contribution in [1.82, 2.24) is 0 Å². The Kier molecular flexibility index (Phi) is 2.02. The van der Waals surface area contributed by atoms with Crippen LogP contribution in [0.4, 0.5) is 0 Å². The predicted octanol–water partition coefficient (Wildman–Crippen LogP) is 3.53. The molecule has 0 aromatic heterocycles. The standard InChI is InChI=1S/C11H18/c1-9(11-6-3-7-11)8-10-4-2-5-10/h8-9,11H,2-7H2,1H3. The molecule has 62 valence electrons. The van der Waals surface area contributed by atoms with Gasteiger partial charge in [0.2, 0.25) is 0 Å². The molecule has 1 unspecified atom stereocenters. The van der Waals surface area contributed by atoms with E-state index in [1.54, 1.807) is 5.57 Å². The molecule has 0 aromatic carbocycles. The van der Waals surface area contributed by atoms with Crippen molar-refractivity contribution < 1.29 is 0 Å². The molecule has 0 bridgehead atoms. The highest BCUT2D eigenvalue weighted by molar-refractivity contribution is 5.11. The van der Waals surface area contributed by atoms with E-state index in [1.807, 2.05) is 0 Å². The normalized spacial score (nSPS) is 27.2. The van der Waals surface area contributed by atoms with Crippen LogP contribution in [0.3, 0.4) is 0 Å². The first-order chi connectivity index (χ1) is 5.36. The third-order valence-corrected chi connectivity index (χ3v) is 3.39. The van der Waals surface area contributed by atoms with E-state index in [9.17, 15) is 0 Å². The Morgan fingerprint density at radius 3 is 2.36 bits per heavy atom. The third-order valence-electron chi connectivity index (χ3n) is 3.39. The molecule has 0 aromatic rings. The minimum Gasteiger partial charge on any atom is -0.0822 e. The summed E-state index contributed by atoms with van der Waals surface area (Å²) < 4.78 is 0. The minimum atomic E-state index is 0.888. The molecule has 2 saturated carbocycles. The maximum atomic E-state index is 2.55. The van der Waals surface area contributed by atoms with Crippen molar-refractivity contribution in [3.05, 3.63) is 11.6 Å². The zero-order valence-corrected chi connectivity index (χ0v) is 7.47. The van der Waals surface area contributed by atoms with Crippen molar-refractivity contribution in [2.45, 2.75) is 45.4 Å². The molecule has 2 aliphatic carbocycles. The summed E-state index contributed by atoms with van der Waals surface area (Å²) in [5, 5.41) is 0. The lowest BCUT2D eigenvalue weighted by atomic mass is 9.75. The maximum absolute atomic E-state index is 2.55. The molecule has 0 N–H and O–H groups in total. The molecular weight excluding hydrogens is 132 g/mol. The summed E-state index contributed by atoms with van der Waals surface area (Å²) in [6, 6.07) is 0. The first kappa shape index (κ1) is 7.39. The lowest BCUT2D eigenvalue weighted by molar-refractivity contribution is 0.253. The van der Waals surface area contributed by atoms with Gasteiger partial charge in [-0.2, -0.15) is 0 Å². The van der Waals surface area contributed by atoms with Crippen LogP contribution in [0.2, 0.25) is 0 Å². The van der Waals surface area contributed by atoms with Gasteiger partial charge in [-0.25, -0.2) is 0 Å². The van der Waals surface area contributed by atoms with Gasteiger partial charge in [-0.05, 0) is 43.9 Å². The van der Waals surface area contributed by atoms with Crippen LogP contribution >= 0.6 is 0 Å². The van der Waals surface area contributed by atoms with Crippen LogP contribution < -0.4 is 0 Å². The van der Waals surface area contributed by atoms with Gasteiger partial charge in [-0.3, -0.25) is 0 Å². The van der Waals surface area contributed by atoms with Crippen LogP contribution in [0.15, 0.2) is 11.6 Å². The monoisotopic (exact) mass is 150 g/mol. The van der Waals surface area contributed by atoms with Crippen molar-refractivity contribution in [2.24, 2.45) is 11.8 Å². The minimum absolute atomic E-state index is 0.888. The Bertz CT molecular complexity index is 157. The zero-order valence-electron chi connectivity index (χ0n) is 7.47. The summed E-state index contributed by atoms with van der Waals surface area (Å²) in [5.41, 5.74) is 1.74. The molecule has 11 heavy (non-hydrogen) atoms. The van der Waals surface area contributed by atoms with E-state index >= 15 is 0 Å². The Morgan fingerprint density at radius 2 is 2.00 bits per heavy atom. The first-order valence-electron chi connectivity index (χ1n) is 5.06. The van der Waals surface area contributed by atoms with Gasteiger partial charge in [-0.1, -0.05) is 25.0 Å². The largest absolute Gasteiger partial charge is 0.0822 e. The number of allylic oxidation sites excluding steroid dienone is 2. The summed E-state index contributed by atoms with van der Waals surface area (Å²) in [6.45, 7) is 2.40. The number of hydrogen-bond donors (Lipinski definition) is 0. The molecule has 0 spiro atoms. The van der Waals surface area contributed by atoms with Crippen LogP contribution in [-0.2, 0) is 0 Å². The lowest BCUT2D eigenvalue weighted by Crippen LogP contribution is -2.18. The molecule has 1 atom stereocenters. The van der Waals surface area contributed by atoms with E-state index in [1.165, 1.54) is 38.5 Å². The zero-order chi connectivity index (χ0) is 7.68. The summed E-state index contributed by atoms with van der Waals surface area (Å²) >= 11 is 0. The molecule has 2 rings (SSSR count). The quantitative estimate of drug-likeness (QED) is 0.528. The highest BCUT2D eigenvalue weighted by atomic mass is 14.3. The van der Waals surface area contributed by atoms with E-state index in [-0.39, 0.29) is 0 Å². The molecular formula is C11H18. The van der Waals surface area contributed by atoms with Gasteiger partial charge in [0.25, 0.3) is 0 Å². The van der Waals surface area contributed by atoms with Gasteiger partial charge in [0.1, 0.15) is 0 Å². The maximum Gasteiger partial charge on any atom is -0.0231 e. The summed E-state index contributed by atoms with van der Waals surface area (Å²) in [7, 11) is 0. The topological polar surface area (TPSA) is 0 Å². The fraction of sp³-hybridized carbons (Fsp3) is 0.818. The van der Waals surface area contributed by atoms with Gasteiger partial charge in [-0.15, -0.1) is 0 Å². The average molecular weight is 150 g/mol. The highest BCUT2D eigenvalue weighted by Crippen LogP contribution is 2.36. The second-order valence-electron chi connectivity index (χ2n) is 4.23. The van der Waals surface area contributed by atoms with Gasteiger partial charge < -0.3 is 0 Å². The van der Waals surface area contributed by atoms with Gasteiger partial charge in [0, 0.05) is 0 Å². The Labute approximate surface area is 69.7 Å². The van der Waals surface area contributed by atoms with Crippen molar-refractivity contribution in [2.75, 3.05) is 0 Å². The van der Waals surface area contributed by atoms with Gasteiger partial charge in [0.15, 0.2) is 0 Å². The number of rotatable bonds is 2.